The number of ether oxygens (including phenoxy) is 1. The van der Waals surface area contributed by atoms with Crippen molar-refractivity contribution in [2.75, 3.05) is 6.61 Å². The summed E-state index contributed by atoms with van der Waals surface area (Å²) in [6.45, 7) is 6.55. The number of esters is 1. The summed E-state index contributed by atoms with van der Waals surface area (Å²) in [5.74, 6) is 4.39. The summed E-state index contributed by atoms with van der Waals surface area (Å²) < 4.78 is 33.3. The van der Waals surface area contributed by atoms with E-state index >= 15 is 0 Å². The van der Waals surface area contributed by atoms with E-state index in [-0.39, 0.29) is 18.9 Å². The van der Waals surface area contributed by atoms with Gasteiger partial charge in [0.15, 0.2) is 5.25 Å². The Morgan fingerprint density at radius 1 is 0.920 bits per heavy atom. The first-order valence-electron chi connectivity index (χ1n) is 9.71. The van der Waals surface area contributed by atoms with Gasteiger partial charge in [0, 0.05) is 0 Å². The Balaban J connectivity index is 4.52. The smallest absolute Gasteiger partial charge is 0.326 e. The Hall–Kier alpha value is -0.660. The minimum Gasteiger partial charge on any atom is -0.464 e. The third-order valence-corrected chi connectivity index (χ3v) is 5.96. The summed E-state index contributed by atoms with van der Waals surface area (Å²) in [6.07, 6.45) is 10.2. The highest BCUT2D eigenvalue weighted by atomic mass is 32.2. The molecular weight excluding hydrogens is 342 g/mol. The first-order valence-corrected chi connectivity index (χ1v) is 11.2. The minimum atomic E-state index is -4.13. The fraction of sp³-hybridized carbons (Fsp3) is 0.944. The maximum Gasteiger partial charge on any atom is 0.326 e. The van der Waals surface area contributed by atoms with Crippen molar-refractivity contribution in [1.82, 2.24) is 0 Å². The molecule has 2 unspecified atom stereocenters. The Morgan fingerprint density at radius 3 is 2.08 bits per heavy atom. The van der Waals surface area contributed by atoms with Gasteiger partial charge in [-0.05, 0) is 18.8 Å². The van der Waals surface area contributed by atoms with Crippen molar-refractivity contribution in [3.05, 3.63) is 0 Å². The van der Waals surface area contributed by atoms with Crippen LogP contribution in [-0.2, 0) is 23.9 Å². The molecule has 0 bridgehead atoms. The zero-order valence-electron chi connectivity index (χ0n) is 16.2. The van der Waals surface area contributed by atoms with E-state index in [0.717, 1.165) is 51.4 Å². The van der Waals surface area contributed by atoms with E-state index in [1.165, 1.54) is 6.42 Å². The number of nitrogens with two attached hydrogens (primary N) is 1. The molecule has 0 radical (unpaired) electrons. The summed E-state index contributed by atoms with van der Waals surface area (Å²) in [5.41, 5.74) is 0. The average molecular weight is 380 g/mol. The molecule has 2 N–H and O–H groups in total. The van der Waals surface area contributed by atoms with Crippen LogP contribution in [-0.4, -0.2) is 26.2 Å². The van der Waals surface area contributed by atoms with Crippen molar-refractivity contribution in [3.8, 4) is 0 Å². The number of unbranched alkanes of at least 4 members (excludes halogenated alkanes) is 6. The number of carbonyl (C=O) groups is 1. The van der Waals surface area contributed by atoms with Crippen LogP contribution in [0.15, 0.2) is 0 Å². The zero-order valence-corrected chi connectivity index (χ0v) is 17.0. The van der Waals surface area contributed by atoms with Crippen LogP contribution in [0.4, 0.5) is 0 Å². The second kappa shape index (κ2) is 14.5. The standard InChI is InChI=1S/C18H37NO5S/c1-4-7-9-10-11-12-14-17(25(21,22)24-19)18(20)23-15-16(6-3)13-8-5-2/h16-17H,4-15,19H2,1-3H3. The molecule has 7 heteroatoms. The van der Waals surface area contributed by atoms with Gasteiger partial charge >= 0.3 is 5.97 Å². The molecule has 0 saturated heterocycles. The van der Waals surface area contributed by atoms with Crippen molar-refractivity contribution in [2.45, 2.75) is 96.7 Å². The monoisotopic (exact) mass is 379 g/mol. The van der Waals surface area contributed by atoms with Gasteiger partial charge < -0.3 is 4.74 Å². The van der Waals surface area contributed by atoms with Gasteiger partial charge in [0.2, 0.25) is 0 Å². The van der Waals surface area contributed by atoms with E-state index in [9.17, 15) is 13.2 Å². The molecule has 0 saturated carbocycles. The average Bonchev–Trinajstić information content (AvgIpc) is 2.60. The molecule has 150 valence electrons. The third-order valence-electron chi connectivity index (χ3n) is 4.57. The molecule has 0 aliphatic carbocycles. The van der Waals surface area contributed by atoms with Gasteiger partial charge in [-0.15, -0.1) is 0 Å². The number of hydrogen-bond donors (Lipinski definition) is 1. The predicted molar refractivity (Wildman–Crippen MR) is 100 cm³/mol. The van der Waals surface area contributed by atoms with E-state index in [1.54, 1.807) is 0 Å². The second-order valence-electron chi connectivity index (χ2n) is 6.68. The van der Waals surface area contributed by atoms with Gasteiger partial charge in [-0.3, -0.25) is 4.79 Å². The number of hydrogen-bond acceptors (Lipinski definition) is 6. The van der Waals surface area contributed by atoms with Crippen LogP contribution in [0, 0.1) is 5.92 Å². The molecule has 0 heterocycles. The van der Waals surface area contributed by atoms with Crippen LogP contribution in [0.3, 0.4) is 0 Å². The first kappa shape index (κ1) is 24.3. The lowest BCUT2D eigenvalue weighted by molar-refractivity contribution is -0.145. The molecule has 0 amide bonds. The Morgan fingerprint density at radius 2 is 1.52 bits per heavy atom. The Bertz CT molecular complexity index is 439. The van der Waals surface area contributed by atoms with E-state index < -0.39 is 21.3 Å². The SMILES string of the molecule is CCCCCCCCC(C(=O)OCC(CC)CCCC)S(=O)(=O)ON. The fourth-order valence-electron chi connectivity index (χ4n) is 2.75. The van der Waals surface area contributed by atoms with Gasteiger partial charge in [-0.25, -0.2) is 0 Å². The maximum absolute atomic E-state index is 12.3. The highest BCUT2D eigenvalue weighted by Crippen LogP contribution is 2.18. The Labute approximate surface area is 153 Å². The van der Waals surface area contributed by atoms with Gasteiger partial charge in [-0.2, -0.15) is 18.6 Å². The molecule has 0 aliphatic heterocycles. The molecular formula is C18H37NO5S. The van der Waals surface area contributed by atoms with Crippen molar-refractivity contribution < 1.29 is 22.2 Å². The quantitative estimate of drug-likeness (QED) is 0.246. The van der Waals surface area contributed by atoms with E-state index in [1.807, 2.05) is 6.92 Å². The second-order valence-corrected chi connectivity index (χ2v) is 8.43. The highest BCUT2D eigenvalue weighted by Gasteiger charge is 2.34. The summed E-state index contributed by atoms with van der Waals surface area (Å²) in [5, 5.41) is -1.33. The topological polar surface area (TPSA) is 95.7 Å². The largest absolute Gasteiger partial charge is 0.464 e. The highest BCUT2D eigenvalue weighted by molar-refractivity contribution is 7.88. The van der Waals surface area contributed by atoms with Crippen LogP contribution in [0.1, 0.15) is 91.4 Å². The van der Waals surface area contributed by atoms with Crippen LogP contribution in [0.25, 0.3) is 0 Å². The zero-order chi connectivity index (χ0) is 19.1. The molecule has 2 atom stereocenters. The lowest BCUT2D eigenvalue weighted by atomic mass is 10.0. The van der Waals surface area contributed by atoms with Crippen molar-refractivity contribution >= 4 is 16.1 Å². The van der Waals surface area contributed by atoms with Gasteiger partial charge in [0.05, 0.1) is 6.61 Å². The third kappa shape index (κ3) is 10.8. The summed E-state index contributed by atoms with van der Waals surface area (Å²) in [7, 11) is -4.13. The number of rotatable bonds is 16. The molecule has 0 aromatic heterocycles. The van der Waals surface area contributed by atoms with Crippen LogP contribution < -0.4 is 5.90 Å². The maximum atomic E-state index is 12.3. The number of carbonyl (C=O) groups excluding carboxylic acids is 1. The van der Waals surface area contributed by atoms with Crippen molar-refractivity contribution in [1.29, 1.82) is 0 Å². The molecule has 0 aromatic rings. The normalized spacial score (nSPS) is 14.2. The fourth-order valence-corrected chi connectivity index (χ4v) is 3.64. The van der Waals surface area contributed by atoms with E-state index in [0.29, 0.717) is 6.42 Å². The van der Waals surface area contributed by atoms with Crippen LogP contribution in [0.5, 0.6) is 0 Å². The Kier molecular flexibility index (Phi) is 14.1. The van der Waals surface area contributed by atoms with Crippen molar-refractivity contribution in [2.24, 2.45) is 11.8 Å². The van der Waals surface area contributed by atoms with Crippen LogP contribution in [0.2, 0.25) is 0 Å². The predicted octanol–water partition coefficient (Wildman–Crippen LogP) is 4.09. The van der Waals surface area contributed by atoms with Crippen LogP contribution >= 0.6 is 0 Å². The lowest BCUT2D eigenvalue weighted by Crippen LogP contribution is -2.35. The summed E-state index contributed by atoms with van der Waals surface area (Å²) in [4.78, 5) is 12.3. The molecule has 0 rings (SSSR count). The van der Waals surface area contributed by atoms with Crippen molar-refractivity contribution in [3.63, 3.8) is 0 Å². The summed E-state index contributed by atoms with van der Waals surface area (Å²) in [6, 6.07) is 0. The lowest BCUT2D eigenvalue weighted by Gasteiger charge is -2.18. The summed E-state index contributed by atoms with van der Waals surface area (Å²) >= 11 is 0. The molecule has 0 aromatic carbocycles. The molecule has 0 fully saturated rings. The van der Waals surface area contributed by atoms with Gasteiger partial charge in [0.25, 0.3) is 10.1 Å². The van der Waals surface area contributed by atoms with Gasteiger partial charge in [0.1, 0.15) is 0 Å². The molecule has 25 heavy (non-hydrogen) atoms. The van der Waals surface area contributed by atoms with Gasteiger partial charge in [-0.1, -0.05) is 78.6 Å². The molecule has 6 nitrogen and oxygen atoms in total. The first-order chi connectivity index (χ1) is 11.9. The molecule has 0 spiro atoms. The van der Waals surface area contributed by atoms with E-state index in [4.69, 9.17) is 10.6 Å². The van der Waals surface area contributed by atoms with E-state index in [2.05, 4.69) is 18.1 Å². The minimum absolute atomic E-state index is 0.191. The molecule has 0 aliphatic rings.